The fourth-order valence-corrected chi connectivity index (χ4v) is 6.25. The van der Waals surface area contributed by atoms with Crippen LogP contribution in [0.25, 0.3) is 0 Å². The summed E-state index contributed by atoms with van der Waals surface area (Å²) in [4.78, 5) is 18.9. The van der Waals surface area contributed by atoms with Crippen molar-refractivity contribution in [3.8, 4) is 5.75 Å². The Bertz CT molecular complexity index is 1510. The van der Waals surface area contributed by atoms with Gasteiger partial charge in [0.15, 0.2) is 5.17 Å². The second-order valence-electron chi connectivity index (χ2n) is 12.2. The fraction of sp³-hybridized carbons (Fsp3) is 0.412. The van der Waals surface area contributed by atoms with Crippen molar-refractivity contribution in [2.24, 2.45) is 4.99 Å². The first-order valence-electron chi connectivity index (χ1n) is 15.0. The van der Waals surface area contributed by atoms with Crippen molar-refractivity contribution < 1.29 is 41.7 Å². The first-order chi connectivity index (χ1) is 22.3. The largest absolute Gasteiger partial charge is 0.478 e. The van der Waals surface area contributed by atoms with E-state index in [1.807, 2.05) is 60.7 Å². The molecule has 0 unspecified atom stereocenters. The molecule has 13 heteroatoms. The minimum atomic E-state index is -4.88. The zero-order valence-electron chi connectivity index (χ0n) is 26.4. The van der Waals surface area contributed by atoms with E-state index in [9.17, 15) is 18.0 Å². The van der Waals surface area contributed by atoms with E-state index in [1.165, 1.54) is 36.2 Å². The summed E-state index contributed by atoms with van der Waals surface area (Å²) >= 11 is 1.02. The molecule has 3 aromatic rings. The van der Waals surface area contributed by atoms with E-state index in [0.717, 1.165) is 22.9 Å². The average molecular weight is 674 g/mol. The smallest absolute Gasteiger partial charge is 0.428 e. The monoisotopic (exact) mass is 673 g/mol. The number of aliphatic imine (C=N–C) groups is 1. The van der Waals surface area contributed by atoms with Gasteiger partial charge in [-0.3, -0.25) is 9.89 Å². The van der Waals surface area contributed by atoms with Crippen molar-refractivity contribution >= 4 is 28.7 Å². The number of hydrogen-bond donors (Lipinski definition) is 1. The van der Waals surface area contributed by atoms with Gasteiger partial charge in [-0.05, 0) is 56.2 Å². The van der Waals surface area contributed by atoms with E-state index < -0.39 is 53.8 Å². The standard InChI is InChI=1S/C34H38F3N3O6S/c1-33(2,3)46-32(41)40(4)31-39-25-26(42-19-21-11-7-5-8-12-21)27(43-20-22-13-9-6-10-14-22)28(45-30(25)47-31)29(34(35,36)37)44-24-17-15-23(38)16-18-24/h5-18,25-30H,19-20,38H2,1-4H3/t25-,26-,27+,28+,29-,30-/m1/s1. The van der Waals surface area contributed by atoms with Crippen molar-refractivity contribution in [2.45, 2.75) is 81.7 Å². The molecule has 0 aliphatic carbocycles. The van der Waals surface area contributed by atoms with Crippen LogP contribution < -0.4 is 10.5 Å². The first kappa shape index (κ1) is 34.6. The molecule has 252 valence electrons. The maximum Gasteiger partial charge on any atom is 0.428 e. The Hall–Kier alpha value is -3.78. The molecule has 5 rings (SSSR count). The molecule has 9 nitrogen and oxygen atoms in total. The SMILES string of the molecule is CN(C(=O)OC(C)(C)C)C1=N[C@@H]2[C@@H](OCc3ccccc3)[C@H](OCc3ccccc3)[C@@H]([C@@H](Oc3ccc(N)cc3)C(F)(F)F)O[C@@H]2S1. The Morgan fingerprint density at radius 1 is 0.915 bits per heavy atom. The number of anilines is 1. The highest BCUT2D eigenvalue weighted by Crippen LogP contribution is 2.44. The summed E-state index contributed by atoms with van der Waals surface area (Å²) in [5, 5.41) is 0.216. The van der Waals surface area contributed by atoms with Gasteiger partial charge in [0.05, 0.1) is 13.2 Å². The number of nitrogens with zero attached hydrogens (tertiary/aromatic N) is 2. The molecule has 2 aliphatic rings. The number of fused-ring (bicyclic) bond motifs is 1. The Labute approximate surface area is 276 Å². The number of alkyl halides is 3. The van der Waals surface area contributed by atoms with E-state index in [4.69, 9.17) is 34.4 Å². The zero-order chi connectivity index (χ0) is 33.8. The molecular formula is C34H38F3N3O6S. The lowest BCUT2D eigenvalue weighted by Gasteiger charge is -2.45. The van der Waals surface area contributed by atoms with Gasteiger partial charge in [-0.1, -0.05) is 72.4 Å². The van der Waals surface area contributed by atoms with Gasteiger partial charge in [0.1, 0.15) is 41.1 Å². The highest BCUT2D eigenvalue weighted by atomic mass is 32.2. The number of nitrogen functional groups attached to an aromatic ring is 1. The predicted molar refractivity (Wildman–Crippen MR) is 173 cm³/mol. The quantitative estimate of drug-likeness (QED) is 0.247. The van der Waals surface area contributed by atoms with Crippen LogP contribution in [0.2, 0.25) is 0 Å². The van der Waals surface area contributed by atoms with E-state index >= 15 is 0 Å². The summed E-state index contributed by atoms with van der Waals surface area (Å²) in [6.07, 6.45) is -12.0. The third kappa shape index (κ3) is 8.98. The van der Waals surface area contributed by atoms with Gasteiger partial charge < -0.3 is 29.4 Å². The summed E-state index contributed by atoms with van der Waals surface area (Å²) in [5.41, 5.74) is 5.95. The minimum absolute atomic E-state index is 0.0259. The Kier molecular flexibility index (Phi) is 10.7. The Morgan fingerprint density at radius 2 is 1.47 bits per heavy atom. The van der Waals surface area contributed by atoms with Gasteiger partial charge in [0.2, 0.25) is 6.10 Å². The normalized spacial score (nSPS) is 23.4. The van der Waals surface area contributed by atoms with Crippen molar-refractivity contribution in [2.75, 3.05) is 12.8 Å². The van der Waals surface area contributed by atoms with E-state index in [2.05, 4.69) is 0 Å². The molecule has 0 spiro atoms. The molecular weight excluding hydrogens is 635 g/mol. The fourth-order valence-electron chi connectivity index (χ4n) is 5.09. The number of benzene rings is 3. The first-order valence-corrected chi connectivity index (χ1v) is 15.9. The number of carbonyl (C=O) groups excluding carboxylic acids is 1. The van der Waals surface area contributed by atoms with E-state index in [-0.39, 0.29) is 24.1 Å². The highest BCUT2D eigenvalue weighted by Gasteiger charge is 2.59. The lowest BCUT2D eigenvalue weighted by atomic mass is 9.93. The molecule has 1 saturated heterocycles. The van der Waals surface area contributed by atoms with Crippen LogP contribution in [0, 0.1) is 0 Å². The van der Waals surface area contributed by atoms with Crippen LogP contribution >= 0.6 is 11.8 Å². The number of carbonyl (C=O) groups is 1. The minimum Gasteiger partial charge on any atom is -0.478 e. The number of amidine groups is 1. The van der Waals surface area contributed by atoms with Gasteiger partial charge in [0, 0.05) is 12.7 Å². The molecule has 47 heavy (non-hydrogen) atoms. The Morgan fingerprint density at radius 3 is 2.00 bits per heavy atom. The molecule has 0 radical (unpaired) electrons. The molecule has 3 aromatic carbocycles. The third-order valence-corrected chi connectivity index (χ3v) is 8.54. The second-order valence-corrected chi connectivity index (χ2v) is 13.3. The molecule has 1 fully saturated rings. The summed E-state index contributed by atoms with van der Waals surface area (Å²) < 4.78 is 75.0. The van der Waals surface area contributed by atoms with Crippen LogP contribution in [0.1, 0.15) is 31.9 Å². The van der Waals surface area contributed by atoms with Gasteiger partial charge in [0.25, 0.3) is 0 Å². The Balaban J connectivity index is 1.53. The van der Waals surface area contributed by atoms with E-state index in [0.29, 0.717) is 5.69 Å². The summed E-state index contributed by atoms with van der Waals surface area (Å²) in [5.74, 6) is -0.0449. The number of nitrogens with two attached hydrogens (primary N) is 1. The summed E-state index contributed by atoms with van der Waals surface area (Å²) in [6, 6.07) is 23.1. The maximum atomic E-state index is 15.0. The van der Waals surface area contributed by atoms with Crippen molar-refractivity contribution in [3.63, 3.8) is 0 Å². The lowest BCUT2D eigenvalue weighted by Crippen LogP contribution is -2.63. The molecule has 6 atom stereocenters. The lowest BCUT2D eigenvalue weighted by molar-refractivity contribution is -0.276. The number of thioether (sulfide) groups is 1. The van der Waals surface area contributed by atoms with Crippen LogP contribution in [0.4, 0.5) is 23.7 Å². The average Bonchev–Trinajstić information content (AvgIpc) is 3.45. The number of rotatable bonds is 9. The molecule has 2 N–H and O–H groups in total. The van der Waals surface area contributed by atoms with Crippen LogP contribution in [0.5, 0.6) is 5.75 Å². The number of halogens is 3. The molecule has 2 heterocycles. The number of amides is 1. The van der Waals surface area contributed by atoms with Crippen LogP contribution in [0.3, 0.4) is 0 Å². The second kappa shape index (κ2) is 14.5. The van der Waals surface area contributed by atoms with Gasteiger partial charge in [-0.2, -0.15) is 13.2 Å². The van der Waals surface area contributed by atoms with E-state index in [1.54, 1.807) is 20.8 Å². The topological polar surface area (TPSA) is 105 Å². The molecule has 0 bridgehead atoms. The predicted octanol–water partition coefficient (Wildman–Crippen LogP) is 6.81. The molecule has 2 aliphatic heterocycles. The van der Waals surface area contributed by atoms with Crippen LogP contribution in [-0.4, -0.2) is 70.9 Å². The van der Waals surface area contributed by atoms with Crippen molar-refractivity contribution in [1.82, 2.24) is 4.90 Å². The van der Waals surface area contributed by atoms with Gasteiger partial charge in [-0.25, -0.2) is 4.79 Å². The molecule has 0 aromatic heterocycles. The summed E-state index contributed by atoms with van der Waals surface area (Å²) in [6.45, 7) is 5.24. The van der Waals surface area contributed by atoms with Gasteiger partial charge >= 0.3 is 12.3 Å². The highest BCUT2D eigenvalue weighted by molar-refractivity contribution is 8.14. The summed E-state index contributed by atoms with van der Waals surface area (Å²) in [7, 11) is 1.49. The number of ether oxygens (including phenoxy) is 5. The van der Waals surface area contributed by atoms with Gasteiger partial charge in [-0.15, -0.1) is 0 Å². The molecule has 0 saturated carbocycles. The van der Waals surface area contributed by atoms with Crippen molar-refractivity contribution in [3.05, 3.63) is 96.1 Å². The van der Waals surface area contributed by atoms with Crippen molar-refractivity contribution in [1.29, 1.82) is 0 Å². The number of hydrogen-bond acceptors (Lipinski definition) is 9. The zero-order valence-corrected chi connectivity index (χ0v) is 27.2. The third-order valence-electron chi connectivity index (χ3n) is 7.32. The maximum absolute atomic E-state index is 15.0. The van der Waals surface area contributed by atoms with Crippen LogP contribution in [0.15, 0.2) is 89.9 Å². The van der Waals surface area contributed by atoms with Crippen LogP contribution in [-0.2, 0) is 32.2 Å². The molecule has 1 amide bonds.